The molecule has 0 aliphatic rings. The molecule has 29 heavy (non-hydrogen) atoms. The lowest BCUT2D eigenvalue weighted by Gasteiger charge is -2.24. The third-order valence-electron chi connectivity index (χ3n) is 4.52. The van der Waals surface area contributed by atoms with Gasteiger partial charge in [0.15, 0.2) is 5.82 Å². The van der Waals surface area contributed by atoms with Gasteiger partial charge in [-0.15, -0.1) is 0 Å². The molecule has 1 unspecified atom stereocenters. The number of carbonyl (C=O) groups is 1. The molecule has 0 bridgehead atoms. The van der Waals surface area contributed by atoms with Crippen LogP contribution in [0.5, 0.6) is 0 Å². The maximum atomic E-state index is 12.7. The van der Waals surface area contributed by atoms with Crippen LogP contribution in [-0.2, 0) is 11.2 Å². The Morgan fingerprint density at radius 2 is 1.83 bits per heavy atom. The molecule has 7 heteroatoms. The summed E-state index contributed by atoms with van der Waals surface area (Å²) in [5.74, 6) is 1.49. The molecule has 3 rings (SSSR count). The fourth-order valence-electron chi connectivity index (χ4n) is 2.97. The van der Waals surface area contributed by atoms with Gasteiger partial charge in [0, 0.05) is 50.5 Å². The average Bonchev–Trinajstić information content (AvgIpc) is 2.73. The van der Waals surface area contributed by atoms with Crippen LogP contribution in [0.25, 0.3) is 11.4 Å². The predicted molar refractivity (Wildman–Crippen MR) is 113 cm³/mol. The molecular formula is C22H26N6O. The summed E-state index contributed by atoms with van der Waals surface area (Å²) < 4.78 is 0. The molecule has 1 amide bonds. The van der Waals surface area contributed by atoms with Gasteiger partial charge in [-0.05, 0) is 29.7 Å². The van der Waals surface area contributed by atoms with Gasteiger partial charge in [0.05, 0.1) is 18.2 Å². The van der Waals surface area contributed by atoms with Crippen LogP contribution < -0.4 is 10.2 Å². The minimum atomic E-state index is -0.235. The zero-order valence-electron chi connectivity index (χ0n) is 17.2. The lowest BCUT2D eigenvalue weighted by Crippen LogP contribution is -2.33. The first-order valence-corrected chi connectivity index (χ1v) is 9.59. The van der Waals surface area contributed by atoms with E-state index in [4.69, 9.17) is 4.98 Å². The van der Waals surface area contributed by atoms with E-state index in [2.05, 4.69) is 34.1 Å². The second-order valence-electron chi connectivity index (χ2n) is 7.43. The van der Waals surface area contributed by atoms with Crippen molar-refractivity contribution in [3.63, 3.8) is 0 Å². The van der Waals surface area contributed by atoms with E-state index < -0.39 is 0 Å². The molecule has 1 atom stereocenters. The highest BCUT2D eigenvalue weighted by molar-refractivity contribution is 5.79. The zero-order valence-corrected chi connectivity index (χ0v) is 17.2. The maximum Gasteiger partial charge on any atom is 0.225 e. The van der Waals surface area contributed by atoms with Gasteiger partial charge in [0.1, 0.15) is 5.82 Å². The van der Waals surface area contributed by atoms with E-state index in [1.54, 1.807) is 24.8 Å². The normalized spacial score (nSPS) is 11.9. The Hall–Kier alpha value is -3.35. The quantitative estimate of drug-likeness (QED) is 0.667. The second kappa shape index (κ2) is 9.23. The molecule has 0 aromatic carbocycles. The summed E-state index contributed by atoms with van der Waals surface area (Å²) in [5, 5.41) is 3.14. The van der Waals surface area contributed by atoms with Crippen molar-refractivity contribution in [2.45, 2.75) is 26.3 Å². The van der Waals surface area contributed by atoms with E-state index in [1.807, 2.05) is 49.3 Å². The standard InChI is InChI=1S/C22H26N6O/c1-15(2)21(27-20(29)12-16-6-5-9-24-14-16)18-13-19(28(3)4)26-22(25-18)17-7-10-23-11-8-17/h5-11,13-15,21H,12H2,1-4H3,(H,27,29). The van der Waals surface area contributed by atoms with Crippen molar-refractivity contribution in [3.05, 3.63) is 66.4 Å². The summed E-state index contributed by atoms with van der Waals surface area (Å²) >= 11 is 0. The SMILES string of the molecule is CC(C)C(NC(=O)Cc1cccnc1)c1cc(N(C)C)nc(-c2ccncc2)n1. The fourth-order valence-corrected chi connectivity index (χ4v) is 2.97. The number of hydrogen-bond acceptors (Lipinski definition) is 6. The molecule has 0 saturated heterocycles. The van der Waals surface area contributed by atoms with Crippen LogP contribution in [0.4, 0.5) is 5.82 Å². The Morgan fingerprint density at radius 3 is 2.45 bits per heavy atom. The summed E-state index contributed by atoms with van der Waals surface area (Å²) in [6, 6.07) is 9.18. The van der Waals surface area contributed by atoms with Crippen molar-refractivity contribution in [3.8, 4) is 11.4 Å². The van der Waals surface area contributed by atoms with Crippen molar-refractivity contribution in [2.75, 3.05) is 19.0 Å². The van der Waals surface area contributed by atoms with Crippen molar-refractivity contribution >= 4 is 11.7 Å². The molecule has 3 heterocycles. The number of rotatable bonds is 7. The van der Waals surface area contributed by atoms with Crippen molar-refractivity contribution in [2.24, 2.45) is 5.92 Å². The largest absolute Gasteiger partial charge is 0.363 e. The van der Waals surface area contributed by atoms with Gasteiger partial charge in [0.2, 0.25) is 5.91 Å². The fraction of sp³-hybridized carbons (Fsp3) is 0.318. The van der Waals surface area contributed by atoms with Gasteiger partial charge in [-0.3, -0.25) is 14.8 Å². The van der Waals surface area contributed by atoms with E-state index in [1.165, 1.54) is 0 Å². The topological polar surface area (TPSA) is 83.9 Å². The Bertz CT molecular complexity index is 944. The molecule has 3 aromatic rings. The number of nitrogens with zero attached hydrogens (tertiary/aromatic N) is 5. The smallest absolute Gasteiger partial charge is 0.225 e. The number of carbonyl (C=O) groups excluding carboxylic acids is 1. The molecule has 0 aliphatic heterocycles. The summed E-state index contributed by atoms with van der Waals surface area (Å²) in [6.45, 7) is 4.14. The monoisotopic (exact) mass is 390 g/mol. The van der Waals surface area contributed by atoms with Crippen LogP contribution in [0, 0.1) is 5.92 Å². The first kappa shape index (κ1) is 20.4. The molecule has 0 aliphatic carbocycles. The summed E-state index contributed by atoms with van der Waals surface area (Å²) in [5.41, 5.74) is 2.54. The van der Waals surface area contributed by atoms with E-state index in [0.717, 1.165) is 22.6 Å². The Kier molecular flexibility index (Phi) is 6.49. The van der Waals surface area contributed by atoms with Gasteiger partial charge in [-0.2, -0.15) is 0 Å². The van der Waals surface area contributed by atoms with Gasteiger partial charge in [0.25, 0.3) is 0 Å². The van der Waals surface area contributed by atoms with Gasteiger partial charge >= 0.3 is 0 Å². The predicted octanol–water partition coefficient (Wildman–Crippen LogP) is 3.06. The minimum absolute atomic E-state index is 0.0628. The molecule has 0 radical (unpaired) electrons. The molecule has 150 valence electrons. The molecule has 0 spiro atoms. The molecule has 1 N–H and O–H groups in total. The molecule has 7 nitrogen and oxygen atoms in total. The van der Waals surface area contributed by atoms with Crippen molar-refractivity contribution < 1.29 is 4.79 Å². The number of hydrogen-bond donors (Lipinski definition) is 1. The number of anilines is 1. The van der Waals surface area contributed by atoms with Crippen molar-refractivity contribution in [1.29, 1.82) is 0 Å². The highest BCUT2D eigenvalue weighted by Gasteiger charge is 2.22. The van der Waals surface area contributed by atoms with Crippen LogP contribution in [0.2, 0.25) is 0 Å². The van der Waals surface area contributed by atoms with E-state index in [9.17, 15) is 4.79 Å². The van der Waals surface area contributed by atoms with E-state index in [0.29, 0.717) is 5.82 Å². The Labute approximate surface area is 171 Å². The van der Waals surface area contributed by atoms with Gasteiger partial charge in [-0.25, -0.2) is 9.97 Å². The number of aromatic nitrogens is 4. The zero-order chi connectivity index (χ0) is 20.8. The Morgan fingerprint density at radius 1 is 1.07 bits per heavy atom. The van der Waals surface area contributed by atoms with Crippen LogP contribution in [0.3, 0.4) is 0 Å². The summed E-state index contributed by atoms with van der Waals surface area (Å²) in [4.78, 5) is 32.2. The highest BCUT2D eigenvalue weighted by Crippen LogP contribution is 2.26. The first-order chi connectivity index (χ1) is 13.9. The first-order valence-electron chi connectivity index (χ1n) is 9.59. The minimum Gasteiger partial charge on any atom is -0.363 e. The number of nitrogens with one attached hydrogen (secondary N) is 1. The summed E-state index contributed by atoms with van der Waals surface area (Å²) in [7, 11) is 3.88. The maximum absolute atomic E-state index is 12.7. The van der Waals surface area contributed by atoms with Crippen LogP contribution >= 0.6 is 0 Å². The van der Waals surface area contributed by atoms with E-state index in [-0.39, 0.29) is 24.3 Å². The number of pyridine rings is 2. The van der Waals surface area contributed by atoms with Gasteiger partial charge < -0.3 is 10.2 Å². The molecule has 3 aromatic heterocycles. The highest BCUT2D eigenvalue weighted by atomic mass is 16.1. The van der Waals surface area contributed by atoms with Crippen LogP contribution in [0.1, 0.15) is 31.1 Å². The molecule has 0 saturated carbocycles. The molecular weight excluding hydrogens is 364 g/mol. The van der Waals surface area contributed by atoms with Gasteiger partial charge in [-0.1, -0.05) is 19.9 Å². The van der Waals surface area contributed by atoms with Crippen LogP contribution in [0.15, 0.2) is 55.1 Å². The lowest BCUT2D eigenvalue weighted by molar-refractivity contribution is -0.121. The third-order valence-corrected chi connectivity index (χ3v) is 4.52. The second-order valence-corrected chi connectivity index (χ2v) is 7.43. The van der Waals surface area contributed by atoms with Crippen molar-refractivity contribution in [1.82, 2.24) is 25.3 Å². The van der Waals surface area contributed by atoms with E-state index >= 15 is 0 Å². The third kappa shape index (κ3) is 5.34. The lowest BCUT2D eigenvalue weighted by atomic mass is 9.99. The molecule has 0 fully saturated rings. The van der Waals surface area contributed by atoms with Crippen LogP contribution in [-0.4, -0.2) is 39.9 Å². The average molecular weight is 390 g/mol. The summed E-state index contributed by atoms with van der Waals surface area (Å²) in [6.07, 6.45) is 7.12. The number of amides is 1. The Balaban J connectivity index is 1.91.